The fourth-order valence-corrected chi connectivity index (χ4v) is 2.61. The van der Waals surface area contributed by atoms with Crippen molar-refractivity contribution in [2.24, 2.45) is 0 Å². The van der Waals surface area contributed by atoms with Gasteiger partial charge in [0.25, 0.3) is 0 Å². The highest BCUT2D eigenvalue weighted by molar-refractivity contribution is 7.87. The van der Waals surface area contributed by atoms with E-state index in [9.17, 15) is 8.42 Å². The normalized spacial score (nSPS) is 11.2. The van der Waals surface area contributed by atoms with Crippen LogP contribution in [-0.2, 0) is 10.1 Å². The predicted molar refractivity (Wildman–Crippen MR) is 79.8 cm³/mol. The molecule has 0 unspecified atom stereocenters. The van der Waals surface area contributed by atoms with E-state index in [-0.39, 0.29) is 4.90 Å². The Kier molecular flexibility index (Phi) is 3.99. The lowest BCUT2D eigenvalue weighted by Crippen LogP contribution is -2.10. The van der Waals surface area contributed by atoms with Gasteiger partial charge in [0.2, 0.25) is 0 Å². The monoisotopic (exact) mass is 291 g/mol. The quantitative estimate of drug-likeness (QED) is 0.813. The summed E-state index contributed by atoms with van der Waals surface area (Å²) in [5, 5.41) is 0. The summed E-state index contributed by atoms with van der Waals surface area (Å²) in [5.41, 5.74) is 1.98. The van der Waals surface area contributed by atoms with Crippen molar-refractivity contribution in [2.45, 2.75) is 11.8 Å². The number of hydrogen-bond acceptors (Lipinski definition) is 4. The molecule has 0 saturated heterocycles. The van der Waals surface area contributed by atoms with Gasteiger partial charge < -0.3 is 9.08 Å². The second-order valence-electron chi connectivity index (χ2n) is 4.74. The van der Waals surface area contributed by atoms with Crippen molar-refractivity contribution in [1.82, 2.24) is 0 Å². The lowest BCUT2D eigenvalue weighted by Gasteiger charge is -2.13. The molecule has 0 fully saturated rings. The second kappa shape index (κ2) is 5.54. The van der Waals surface area contributed by atoms with Crippen LogP contribution >= 0.6 is 0 Å². The van der Waals surface area contributed by atoms with Crippen molar-refractivity contribution in [1.29, 1.82) is 0 Å². The minimum Gasteiger partial charge on any atom is -0.379 e. The zero-order valence-electron chi connectivity index (χ0n) is 11.7. The summed E-state index contributed by atoms with van der Waals surface area (Å²) < 4.78 is 29.3. The van der Waals surface area contributed by atoms with Crippen LogP contribution in [0, 0.1) is 6.92 Å². The Morgan fingerprint density at radius 1 is 0.900 bits per heavy atom. The molecule has 0 aliphatic carbocycles. The Morgan fingerprint density at radius 3 is 1.95 bits per heavy atom. The highest BCUT2D eigenvalue weighted by Gasteiger charge is 2.16. The topological polar surface area (TPSA) is 46.6 Å². The van der Waals surface area contributed by atoms with Gasteiger partial charge in [-0.3, -0.25) is 0 Å². The third-order valence-corrected chi connectivity index (χ3v) is 4.13. The summed E-state index contributed by atoms with van der Waals surface area (Å²) >= 11 is 0. The van der Waals surface area contributed by atoms with Crippen LogP contribution in [-0.4, -0.2) is 22.5 Å². The van der Waals surface area contributed by atoms with Gasteiger partial charge in [-0.1, -0.05) is 17.7 Å². The molecule has 0 aliphatic heterocycles. The molecule has 0 aromatic heterocycles. The fourth-order valence-electron chi connectivity index (χ4n) is 1.68. The van der Waals surface area contributed by atoms with Gasteiger partial charge in [-0.25, -0.2) is 0 Å². The number of benzene rings is 2. The molecule has 0 atom stereocenters. The first-order valence-electron chi connectivity index (χ1n) is 6.17. The Hall–Kier alpha value is -2.01. The van der Waals surface area contributed by atoms with E-state index in [0.717, 1.165) is 11.3 Å². The minimum atomic E-state index is -3.78. The van der Waals surface area contributed by atoms with Crippen molar-refractivity contribution in [2.75, 3.05) is 19.0 Å². The molecular weight excluding hydrogens is 274 g/mol. The Labute approximate surface area is 119 Å². The van der Waals surface area contributed by atoms with E-state index in [2.05, 4.69) is 0 Å². The van der Waals surface area contributed by atoms with E-state index in [4.69, 9.17) is 4.18 Å². The largest absolute Gasteiger partial charge is 0.379 e. The molecule has 2 aromatic carbocycles. The van der Waals surface area contributed by atoms with E-state index < -0.39 is 10.1 Å². The molecule has 0 saturated carbocycles. The molecule has 0 bridgehead atoms. The van der Waals surface area contributed by atoms with Crippen LogP contribution in [0.5, 0.6) is 5.75 Å². The van der Waals surface area contributed by atoms with Gasteiger partial charge in [-0.2, -0.15) is 8.42 Å². The van der Waals surface area contributed by atoms with Crippen molar-refractivity contribution in [3.63, 3.8) is 0 Å². The molecule has 2 aromatic rings. The van der Waals surface area contributed by atoms with Crippen molar-refractivity contribution in [3.05, 3.63) is 54.1 Å². The van der Waals surface area contributed by atoms with E-state index in [1.54, 1.807) is 48.5 Å². The van der Waals surface area contributed by atoms with Crippen LogP contribution in [0.15, 0.2) is 53.4 Å². The van der Waals surface area contributed by atoms with Crippen LogP contribution in [0.4, 0.5) is 5.69 Å². The van der Waals surface area contributed by atoms with Crippen molar-refractivity contribution in [3.8, 4) is 5.75 Å². The summed E-state index contributed by atoms with van der Waals surface area (Å²) in [7, 11) is 0.0544. The van der Waals surface area contributed by atoms with Crippen molar-refractivity contribution >= 4 is 15.8 Å². The van der Waals surface area contributed by atoms with E-state index in [1.165, 1.54) is 0 Å². The molecule has 2 rings (SSSR count). The summed E-state index contributed by atoms with van der Waals surface area (Å²) in [4.78, 5) is 2.08. The third-order valence-electron chi connectivity index (χ3n) is 2.87. The fraction of sp³-hybridized carbons (Fsp3) is 0.200. The zero-order valence-corrected chi connectivity index (χ0v) is 12.5. The highest BCUT2D eigenvalue weighted by Crippen LogP contribution is 2.21. The number of hydrogen-bond donors (Lipinski definition) is 0. The maximum Gasteiger partial charge on any atom is 0.339 e. The molecule has 0 amide bonds. The second-order valence-corrected chi connectivity index (χ2v) is 6.29. The molecule has 0 N–H and O–H groups in total. The molecule has 0 heterocycles. The number of rotatable bonds is 4. The van der Waals surface area contributed by atoms with Crippen LogP contribution in [0.1, 0.15) is 5.56 Å². The first kappa shape index (κ1) is 14.4. The molecule has 0 aliphatic rings. The van der Waals surface area contributed by atoms with Gasteiger partial charge in [0.15, 0.2) is 0 Å². The Morgan fingerprint density at radius 2 is 1.45 bits per heavy atom. The van der Waals surface area contributed by atoms with Gasteiger partial charge in [0, 0.05) is 19.8 Å². The van der Waals surface area contributed by atoms with Gasteiger partial charge in [0.1, 0.15) is 10.6 Å². The van der Waals surface area contributed by atoms with Crippen LogP contribution in [0.2, 0.25) is 0 Å². The van der Waals surface area contributed by atoms with Crippen LogP contribution in [0.25, 0.3) is 0 Å². The summed E-state index contributed by atoms with van der Waals surface area (Å²) in [6.45, 7) is 1.90. The highest BCUT2D eigenvalue weighted by atomic mass is 32.2. The number of aryl methyl sites for hydroxylation is 1. The summed E-state index contributed by atoms with van der Waals surface area (Å²) in [6, 6.07) is 13.5. The summed E-state index contributed by atoms with van der Waals surface area (Å²) in [5.74, 6) is 0.302. The minimum absolute atomic E-state index is 0.153. The molecule has 106 valence electrons. The van der Waals surface area contributed by atoms with Gasteiger partial charge >= 0.3 is 10.1 Å². The molecular formula is C15H17NO3S. The molecule has 20 heavy (non-hydrogen) atoms. The average molecular weight is 291 g/mol. The third kappa shape index (κ3) is 3.30. The van der Waals surface area contributed by atoms with E-state index in [0.29, 0.717) is 5.75 Å². The first-order valence-corrected chi connectivity index (χ1v) is 7.58. The Balaban J connectivity index is 2.22. The van der Waals surface area contributed by atoms with Crippen LogP contribution in [0.3, 0.4) is 0 Å². The molecule has 4 nitrogen and oxygen atoms in total. The zero-order chi connectivity index (χ0) is 14.8. The lowest BCUT2D eigenvalue weighted by molar-refractivity contribution is 0.486. The Bertz CT molecular complexity index is 674. The molecule has 0 spiro atoms. The molecule has 5 heteroatoms. The van der Waals surface area contributed by atoms with E-state index >= 15 is 0 Å². The van der Waals surface area contributed by atoms with Crippen LogP contribution < -0.4 is 9.08 Å². The maximum absolute atomic E-state index is 12.1. The van der Waals surface area contributed by atoms with E-state index in [1.807, 2.05) is 25.9 Å². The smallest absolute Gasteiger partial charge is 0.339 e. The number of nitrogens with zero attached hydrogens (tertiary/aromatic N) is 1. The summed E-state index contributed by atoms with van der Waals surface area (Å²) in [6.07, 6.45) is 0. The average Bonchev–Trinajstić information content (AvgIpc) is 2.39. The maximum atomic E-state index is 12.1. The molecule has 0 radical (unpaired) electrons. The SMILES string of the molecule is Cc1ccc(S(=O)(=O)Oc2ccc(N(C)C)cc2)cc1. The van der Waals surface area contributed by atoms with Gasteiger partial charge in [0.05, 0.1) is 0 Å². The predicted octanol–water partition coefficient (Wildman–Crippen LogP) is 2.83. The van der Waals surface area contributed by atoms with Gasteiger partial charge in [-0.15, -0.1) is 0 Å². The van der Waals surface area contributed by atoms with Gasteiger partial charge in [-0.05, 0) is 43.3 Å². The first-order chi connectivity index (χ1) is 9.38. The standard InChI is InChI=1S/C15H17NO3S/c1-12-4-10-15(11-5-12)20(17,18)19-14-8-6-13(7-9-14)16(2)3/h4-11H,1-3H3. The van der Waals surface area contributed by atoms with Crippen molar-refractivity contribution < 1.29 is 12.6 Å². The lowest BCUT2D eigenvalue weighted by atomic mass is 10.2. The number of anilines is 1.